The fourth-order valence-electron chi connectivity index (χ4n) is 7.80. The Labute approximate surface area is 377 Å². The minimum atomic E-state index is -5.09. The van der Waals surface area contributed by atoms with E-state index in [-0.39, 0.29) is 18.9 Å². The highest BCUT2D eigenvalue weighted by molar-refractivity contribution is 7.80. The van der Waals surface area contributed by atoms with Crippen LogP contribution in [-0.2, 0) is 28.9 Å². The quantitative estimate of drug-likeness (QED) is 0.0148. The van der Waals surface area contributed by atoms with Gasteiger partial charge in [-0.2, -0.15) is 8.42 Å². The maximum Gasteiger partial charge on any atom is 0.397 e. The summed E-state index contributed by atoms with van der Waals surface area (Å²) in [6.45, 7) is 3.37. The van der Waals surface area contributed by atoms with Gasteiger partial charge in [0, 0.05) is 6.42 Å². The Morgan fingerprint density at radius 2 is 1.06 bits per heavy atom. The maximum atomic E-state index is 13.1. The molecule has 7 atom stereocenters. The van der Waals surface area contributed by atoms with Gasteiger partial charge in [-0.3, -0.25) is 9.35 Å². The molecule has 1 aliphatic heterocycles. The van der Waals surface area contributed by atoms with Crippen molar-refractivity contribution in [3.05, 3.63) is 36.5 Å². The predicted molar refractivity (Wildman–Crippen MR) is 250 cm³/mol. The summed E-state index contributed by atoms with van der Waals surface area (Å²) < 4.78 is 47.7. The molecule has 6 N–H and O–H groups in total. The number of amides is 1. The van der Waals surface area contributed by atoms with Crippen LogP contribution >= 0.6 is 0 Å². The highest BCUT2D eigenvalue weighted by Crippen LogP contribution is 2.26. The number of carbonyl (C=O) groups is 1. The Bertz CT molecular complexity index is 1250. The lowest BCUT2D eigenvalue weighted by Gasteiger charge is -2.41. The number of rotatable bonds is 42. The van der Waals surface area contributed by atoms with Crippen molar-refractivity contribution in [2.45, 2.75) is 256 Å². The number of unbranched alkanes of at least 4 members (excludes halogenated alkanes) is 27. The Balaban J connectivity index is 2.48. The lowest BCUT2D eigenvalue weighted by Crippen LogP contribution is -2.61. The molecular formula is C49H91NO11S. The van der Waals surface area contributed by atoms with Crippen LogP contribution in [0.1, 0.15) is 213 Å². The van der Waals surface area contributed by atoms with Gasteiger partial charge in [0.05, 0.1) is 25.4 Å². The number of aliphatic hydroxyl groups excluding tert-OH is 4. The third-order valence-corrected chi connectivity index (χ3v) is 12.2. The Kier molecular flexibility index (Phi) is 37.3. The molecule has 0 aromatic rings. The van der Waals surface area contributed by atoms with Crippen LogP contribution in [0.2, 0.25) is 0 Å². The van der Waals surface area contributed by atoms with Crippen LogP contribution in [0, 0.1) is 0 Å². The highest BCUT2D eigenvalue weighted by Gasteiger charge is 2.48. The van der Waals surface area contributed by atoms with Crippen LogP contribution in [-0.4, -0.2) is 95.4 Å². The van der Waals surface area contributed by atoms with Crippen molar-refractivity contribution in [3.63, 3.8) is 0 Å². The average molecular weight is 902 g/mol. The van der Waals surface area contributed by atoms with Crippen LogP contribution in [0.25, 0.3) is 0 Å². The van der Waals surface area contributed by atoms with Gasteiger partial charge in [-0.05, 0) is 44.9 Å². The molecule has 1 fully saturated rings. The van der Waals surface area contributed by atoms with Crippen LogP contribution in [0.15, 0.2) is 36.5 Å². The van der Waals surface area contributed by atoms with Crippen LogP contribution < -0.4 is 5.32 Å². The second kappa shape index (κ2) is 39.7. The Morgan fingerprint density at radius 3 is 1.53 bits per heavy atom. The van der Waals surface area contributed by atoms with Gasteiger partial charge < -0.3 is 35.2 Å². The number of hydrogen-bond acceptors (Lipinski definition) is 10. The van der Waals surface area contributed by atoms with E-state index in [4.69, 9.17) is 9.47 Å². The monoisotopic (exact) mass is 902 g/mol. The topological polar surface area (TPSA) is 192 Å². The van der Waals surface area contributed by atoms with E-state index in [1.165, 1.54) is 141 Å². The summed E-state index contributed by atoms with van der Waals surface area (Å²) in [5.74, 6) is -0.266. The smallest absolute Gasteiger partial charge is 0.394 e. The van der Waals surface area contributed by atoms with E-state index >= 15 is 0 Å². The SMILES string of the molecule is CCCCC/C=C\C=C/CCCCCCCCCCCCC(=O)NC(COC1OC(CO)C(O)C(OS(=O)(=O)O)C1O)C(O)/C=C/CCCCCCCCCCCCCCCC. The molecule has 1 aliphatic rings. The molecule has 0 saturated carbocycles. The normalized spacial score (nSPS) is 20.8. The van der Waals surface area contributed by atoms with Gasteiger partial charge in [0.15, 0.2) is 6.29 Å². The van der Waals surface area contributed by atoms with Crippen LogP contribution in [0.3, 0.4) is 0 Å². The van der Waals surface area contributed by atoms with Crippen molar-refractivity contribution < 1.29 is 51.8 Å². The van der Waals surface area contributed by atoms with Crippen LogP contribution in [0.4, 0.5) is 0 Å². The Morgan fingerprint density at radius 1 is 0.645 bits per heavy atom. The minimum absolute atomic E-state index is 0.265. The number of allylic oxidation sites excluding steroid dienone is 5. The number of aliphatic hydroxyl groups is 4. The van der Waals surface area contributed by atoms with E-state index in [1.54, 1.807) is 6.08 Å². The zero-order valence-electron chi connectivity index (χ0n) is 38.9. The molecule has 1 heterocycles. The molecule has 0 spiro atoms. The third-order valence-electron chi connectivity index (χ3n) is 11.7. The molecule has 13 heteroatoms. The number of carbonyl (C=O) groups excluding carboxylic acids is 1. The summed E-state index contributed by atoms with van der Waals surface area (Å²) in [7, 11) is -5.09. The molecule has 364 valence electrons. The number of ether oxygens (including phenoxy) is 2. The molecule has 0 aromatic heterocycles. The summed E-state index contributed by atoms with van der Waals surface area (Å²) in [6.07, 6.45) is 38.8. The Hall–Kier alpha value is -1.68. The fourth-order valence-corrected chi connectivity index (χ4v) is 8.31. The first-order valence-corrected chi connectivity index (χ1v) is 26.3. The predicted octanol–water partition coefficient (Wildman–Crippen LogP) is 10.3. The molecule has 62 heavy (non-hydrogen) atoms. The summed E-state index contributed by atoms with van der Waals surface area (Å²) >= 11 is 0. The highest BCUT2D eigenvalue weighted by atomic mass is 32.3. The zero-order chi connectivity index (χ0) is 45.5. The van der Waals surface area contributed by atoms with Gasteiger partial charge in [-0.1, -0.05) is 198 Å². The van der Waals surface area contributed by atoms with Crippen molar-refractivity contribution in [1.29, 1.82) is 0 Å². The molecule has 0 aromatic carbocycles. The van der Waals surface area contributed by atoms with Gasteiger partial charge >= 0.3 is 10.4 Å². The lowest BCUT2D eigenvalue weighted by molar-refractivity contribution is -0.298. The maximum absolute atomic E-state index is 13.1. The molecule has 12 nitrogen and oxygen atoms in total. The summed E-state index contributed by atoms with van der Waals surface area (Å²) in [5, 5.41) is 44.8. The van der Waals surface area contributed by atoms with Crippen molar-refractivity contribution in [3.8, 4) is 0 Å². The lowest BCUT2D eigenvalue weighted by atomic mass is 9.99. The van der Waals surface area contributed by atoms with Crippen LogP contribution in [0.5, 0.6) is 0 Å². The second-order valence-electron chi connectivity index (χ2n) is 17.4. The summed E-state index contributed by atoms with van der Waals surface area (Å²) in [6, 6.07) is -0.945. The first-order valence-electron chi connectivity index (χ1n) is 24.9. The van der Waals surface area contributed by atoms with Gasteiger partial charge in [-0.15, -0.1) is 0 Å². The van der Waals surface area contributed by atoms with Gasteiger partial charge in [0.2, 0.25) is 5.91 Å². The minimum Gasteiger partial charge on any atom is -0.394 e. The third kappa shape index (κ3) is 32.1. The van der Waals surface area contributed by atoms with Gasteiger partial charge in [0.25, 0.3) is 0 Å². The van der Waals surface area contributed by atoms with Gasteiger partial charge in [-0.25, -0.2) is 4.18 Å². The standard InChI is InChI=1S/C49H91NO11S/c1-3-5-7-9-11-13-15-17-19-21-22-23-25-27-29-31-33-35-37-39-45(53)50-42(41-59-49-47(55)48(61-62(56,57)58)46(54)44(40-51)60-49)43(52)38-36-34-32-30-28-26-24-20-18-16-14-12-10-8-6-4-2/h11,13,15,17,36,38,42-44,46-49,51-52,54-55H,3-10,12,14,16,18-35,37,39-41H2,1-2H3,(H,50,53)(H,56,57,58)/b13-11-,17-15-,38-36+. The second-order valence-corrected chi connectivity index (χ2v) is 18.5. The van der Waals surface area contributed by atoms with Crippen molar-refractivity contribution in [1.82, 2.24) is 5.32 Å². The van der Waals surface area contributed by atoms with E-state index in [0.717, 1.165) is 44.9 Å². The molecular weight excluding hydrogens is 811 g/mol. The fraction of sp³-hybridized carbons (Fsp3) is 0.857. The molecule has 7 unspecified atom stereocenters. The summed E-state index contributed by atoms with van der Waals surface area (Å²) in [5.41, 5.74) is 0. The van der Waals surface area contributed by atoms with Crippen molar-refractivity contribution in [2.24, 2.45) is 0 Å². The van der Waals surface area contributed by atoms with Gasteiger partial charge in [0.1, 0.15) is 24.4 Å². The molecule has 0 radical (unpaired) electrons. The molecule has 0 bridgehead atoms. The van der Waals surface area contributed by atoms with E-state index in [0.29, 0.717) is 6.42 Å². The summed E-state index contributed by atoms with van der Waals surface area (Å²) in [4.78, 5) is 13.1. The van der Waals surface area contributed by atoms with E-state index in [9.17, 15) is 38.2 Å². The van der Waals surface area contributed by atoms with Crippen molar-refractivity contribution in [2.75, 3.05) is 13.2 Å². The molecule has 1 saturated heterocycles. The first-order chi connectivity index (χ1) is 30.0. The van der Waals surface area contributed by atoms with E-state index in [1.807, 2.05) is 6.08 Å². The molecule has 1 rings (SSSR count). The zero-order valence-corrected chi connectivity index (χ0v) is 39.8. The number of nitrogens with one attached hydrogen (secondary N) is 1. The average Bonchev–Trinajstić information content (AvgIpc) is 3.24. The largest absolute Gasteiger partial charge is 0.397 e. The first kappa shape index (κ1) is 58.3. The van der Waals surface area contributed by atoms with E-state index in [2.05, 4.69) is 47.7 Å². The molecule has 1 amide bonds. The van der Waals surface area contributed by atoms with Crippen molar-refractivity contribution >= 4 is 16.3 Å². The number of hydrogen-bond donors (Lipinski definition) is 6. The van der Waals surface area contributed by atoms with E-state index < -0.39 is 59.9 Å². The molecule has 0 aliphatic carbocycles.